The average molecular weight is 283 g/mol. The van der Waals surface area contributed by atoms with Gasteiger partial charge >= 0.3 is 0 Å². The van der Waals surface area contributed by atoms with Crippen LogP contribution in [0.5, 0.6) is 0 Å². The van der Waals surface area contributed by atoms with Gasteiger partial charge in [0.05, 0.1) is 5.69 Å². The van der Waals surface area contributed by atoms with Gasteiger partial charge in [0.15, 0.2) is 0 Å². The molecule has 2 aromatic carbocycles. The summed E-state index contributed by atoms with van der Waals surface area (Å²) < 4.78 is 0. The average Bonchev–Trinajstić information content (AvgIpc) is 2.80. The first-order valence-electron chi connectivity index (χ1n) is 6.43. The highest BCUT2D eigenvalue weighted by atomic mass is 32.2. The van der Waals surface area contributed by atoms with Gasteiger partial charge in [0, 0.05) is 22.6 Å². The number of anilines is 1. The van der Waals surface area contributed by atoms with Gasteiger partial charge < -0.3 is 0 Å². The van der Waals surface area contributed by atoms with E-state index in [9.17, 15) is 9.59 Å². The molecule has 0 N–H and O–H groups in total. The summed E-state index contributed by atoms with van der Waals surface area (Å²) in [5.74, 6) is -0.229. The molecule has 3 nitrogen and oxygen atoms in total. The molecule has 2 aromatic rings. The van der Waals surface area contributed by atoms with Gasteiger partial charge in [-0.05, 0) is 24.3 Å². The van der Waals surface area contributed by atoms with Crippen molar-refractivity contribution in [2.45, 2.75) is 22.6 Å². The Hall–Kier alpha value is -2.07. The van der Waals surface area contributed by atoms with Crippen LogP contribution in [0.25, 0.3) is 0 Å². The lowest BCUT2D eigenvalue weighted by Crippen LogP contribution is -2.28. The minimum Gasteiger partial charge on any atom is -0.274 e. The van der Waals surface area contributed by atoms with Crippen molar-refractivity contribution < 1.29 is 9.59 Å². The molecule has 4 heteroatoms. The summed E-state index contributed by atoms with van der Waals surface area (Å²) in [6.45, 7) is 0. The van der Waals surface area contributed by atoms with E-state index < -0.39 is 0 Å². The number of imide groups is 1. The molecule has 0 saturated carbocycles. The Morgan fingerprint density at radius 3 is 2.10 bits per heavy atom. The molecule has 0 atom stereocenters. The van der Waals surface area contributed by atoms with E-state index in [4.69, 9.17) is 0 Å². The largest absolute Gasteiger partial charge is 0.274 e. The zero-order chi connectivity index (χ0) is 13.9. The lowest BCUT2D eigenvalue weighted by atomic mass is 10.3. The van der Waals surface area contributed by atoms with Crippen LogP contribution >= 0.6 is 11.8 Å². The Bertz CT molecular complexity index is 639. The molecule has 0 spiro atoms. The van der Waals surface area contributed by atoms with Gasteiger partial charge in [-0.25, -0.2) is 4.90 Å². The monoisotopic (exact) mass is 283 g/mol. The van der Waals surface area contributed by atoms with Crippen LogP contribution in [-0.2, 0) is 9.59 Å². The fourth-order valence-electron chi connectivity index (χ4n) is 2.19. The maximum absolute atomic E-state index is 11.9. The molecule has 1 aliphatic rings. The topological polar surface area (TPSA) is 37.4 Å². The van der Waals surface area contributed by atoms with Crippen molar-refractivity contribution in [3.05, 3.63) is 54.6 Å². The summed E-state index contributed by atoms with van der Waals surface area (Å²) in [6, 6.07) is 17.4. The number of amides is 2. The Balaban J connectivity index is 1.96. The van der Waals surface area contributed by atoms with E-state index in [2.05, 4.69) is 0 Å². The Labute approximate surface area is 121 Å². The number of para-hydroxylation sites is 1. The quantitative estimate of drug-likeness (QED) is 0.809. The van der Waals surface area contributed by atoms with Crippen LogP contribution in [0.15, 0.2) is 64.4 Å². The van der Waals surface area contributed by atoms with Crippen molar-refractivity contribution in [1.82, 2.24) is 0 Å². The van der Waals surface area contributed by atoms with E-state index in [1.54, 1.807) is 11.8 Å². The fourth-order valence-corrected chi connectivity index (χ4v) is 3.15. The maximum Gasteiger partial charge on any atom is 0.234 e. The maximum atomic E-state index is 11.9. The number of benzene rings is 2. The van der Waals surface area contributed by atoms with Gasteiger partial charge in [-0.2, -0.15) is 0 Å². The molecule has 0 bridgehead atoms. The van der Waals surface area contributed by atoms with Crippen molar-refractivity contribution in [2.75, 3.05) is 4.90 Å². The number of carbonyl (C=O) groups is 2. The van der Waals surface area contributed by atoms with Gasteiger partial charge in [-0.1, -0.05) is 42.1 Å². The van der Waals surface area contributed by atoms with Gasteiger partial charge in [-0.15, -0.1) is 0 Å². The van der Waals surface area contributed by atoms with Crippen LogP contribution in [0.4, 0.5) is 5.69 Å². The number of nitrogens with zero attached hydrogens (tertiary/aromatic N) is 1. The summed E-state index contributed by atoms with van der Waals surface area (Å²) >= 11 is 1.56. The minimum atomic E-state index is -0.115. The molecule has 1 heterocycles. The van der Waals surface area contributed by atoms with Crippen LogP contribution in [0, 0.1) is 0 Å². The second kappa shape index (κ2) is 5.51. The Kier molecular flexibility index (Phi) is 3.56. The smallest absolute Gasteiger partial charge is 0.234 e. The molecule has 2 amide bonds. The van der Waals surface area contributed by atoms with Crippen LogP contribution in [0.2, 0.25) is 0 Å². The second-order valence-corrected chi connectivity index (χ2v) is 5.62. The molecule has 0 radical (unpaired) electrons. The first-order valence-corrected chi connectivity index (χ1v) is 7.25. The standard InChI is InChI=1S/C16H13NO2S/c18-15-10-11-16(19)17(15)13-8-4-5-9-14(13)20-12-6-2-1-3-7-12/h1-9H,10-11H2. The second-order valence-electron chi connectivity index (χ2n) is 4.51. The van der Waals surface area contributed by atoms with Crippen molar-refractivity contribution in [2.24, 2.45) is 0 Å². The van der Waals surface area contributed by atoms with Crippen LogP contribution < -0.4 is 4.90 Å². The van der Waals surface area contributed by atoms with Gasteiger partial charge in [-0.3, -0.25) is 9.59 Å². The molecular weight excluding hydrogens is 270 g/mol. The molecule has 3 rings (SSSR count). The van der Waals surface area contributed by atoms with E-state index in [1.807, 2.05) is 54.6 Å². The summed E-state index contributed by atoms with van der Waals surface area (Å²) in [5, 5.41) is 0. The SMILES string of the molecule is O=C1CCC(=O)N1c1ccccc1Sc1ccccc1. The molecular formula is C16H13NO2S. The summed E-state index contributed by atoms with van der Waals surface area (Å²) in [4.78, 5) is 27.1. The highest BCUT2D eigenvalue weighted by molar-refractivity contribution is 7.99. The predicted octanol–water partition coefficient (Wildman–Crippen LogP) is 3.49. The zero-order valence-corrected chi connectivity index (χ0v) is 11.6. The van der Waals surface area contributed by atoms with Crippen molar-refractivity contribution >= 4 is 29.3 Å². The third-order valence-electron chi connectivity index (χ3n) is 3.13. The van der Waals surface area contributed by atoms with Gasteiger partial charge in [0.1, 0.15) is 0 Å². The van der Waals surface area contributed by atoms with E-state index in [-0.39, 0.29) is 11.8 Å². The third-order valence-corrected chi connectivity index (χ3v) is 4.20. The third kappa shape index (κ3) is 2.47. The van der Waals surface area contributed by atoms with Crippen LogP contribution in [0.3, 0.4) is 0 Å². The first-order chi connectivity index (χ1) is 9.75. The molecule has 1 saturated heterocycles. The van der Waals surface area contributed by atoms with Gasteiger partial charge in [0.25, 0.3) is 0 Å². The summed E-state index contributed by atoms with van der Waals surface area (Å²) in [5.41, 5.74) is 0.689. The van der Waals surface area contributed by atoms with Crippen molar-refractivity contribution in [1.29, 1.82) is 0 Å². The number of rotatable bonds is 3. The van der Waals surface area contributed by atoms with Gasteiger partial charge in [0.2, 0.25) is 11.8 Å². The first kappa shape index (κ1) is 12.9. The summed E-state index contributed by atoms with van der Waals surface area (Å²) in [7, 11) is 0. The lowest BCUT2D eigenvalue weighted by Gasteiger charge is -2.17. The van der Waals surface area contributed by atoms with Crippen LogP contribution in [-0.4, -0.2) is 11.8 Å². The normalized spacial score (nSPS) is 14.9. The van der Waals surface area contributed by atoms with E-state index in [0.29, 0.717) is 18.5 Å². The number of carbonyl (C=O) groups excluding carboxylic acids is 2. The molecule has 100 valence electrons. The summed E-state index contributed by atoms with van der Waals surface area (Å²) in [6.07, 6.45) is 0.617. The Morgan fingerprint density at radius 1 is 0.800 bits per heavy atom. The molecule has 1 fully saturated rings. The highest BCUT2D eigenvalue weighted by Gasteiger charge is 2.31. The minimum absolute atomic E-state index is 0.115. The molecule has 0 aromatic heterocycles. The Morgan fingerprint density at radius 2 is 1.40 bits per heavy atom. The van der Waals surface area contributed by atoms with Crippen molar-refractivity contribution in [3.63, 3.8) is 0 Å². The van der Waals surface area contributed by atoms with E-state index in [1.165, 1.54) is 4.90 Å². The lowest BCUT2D eigenvalue weighted by molar-refractivity contribution is -0.121. The van der Waals surface area contributed by atoms with E-state index in [0.717, 1.165) is 9.79 Å². The number of hydrogen-bond acceptors (Lipinski definition) is 3. The highest BCUT2D eigenvalue weighted by Crippen LogP contribution is 2.36. The molecule has 20 heavy (non-hydrogen) atoms. The molecule has 0 unspecified atom stereocenters. The predicted molar refractivity (Wildman–Crippen MR) is 78.7 cm³/mol. The number of hydrogen-bond donors (Lipinski definition) is 0. The fraction of sp³-hybridized carbons (Fsp3) is 0.125. The van der Waals surface area contributed by atoms with Crippen LogP contribution in [0.1, 0.15) is 12.8 Å². The van der Waals surface area contributed by atoms with E-state index >= 15 is 0 Å². The zero-order valence-electron chi connectivity index (χ0n) is 10.8. The van der Waals surface area contributed by atoms with Crippen molar-refractivity contribution in [3.8, 4) is 0 Å². The molecule has 0 aliphatic carbocycles. The molecule has 1 aliphatic heterocycles.